The van der Waals surface area contributed by atoms with Gasteiger partial charge < -0.3 is 9.64 Å². The van der Waals surface area contributed by atoms with Crippen molar-refractivity contribution >= 4 is 27.5 Å². The molecule has 25 heavy (non-hydrogen) atoms. The highest BCUT2D eigenvalue weighted by molar-refractivity contribution is 7.89. The monoisotopic (exact) mass is 382 g/mol. The molecule has 134 valence electrons. The fraction of sp³-hybridized carbons (Fsp3) is 0.235. The highest BCUT2D eigenvalue weighted by Gasteiger charge is 2.14. The summed E-state index contributed by atoms with van der Waals surface area (Å²) in [5.41, 5.74) is 0.801. The van der Waals surface area contributed by atoms with Crippen molar-refractivity contribution in [2.24, 2.45) is 0 Å². The summed E-state index contributed by atoms with van der Waals surface area (Å²) in [6, 6.07) is 12.8. The number of likely N-dealkylation sites (N-methyl/N-ethyl adjacent to an activating group) is 1. The fourth-order valence-electron chi connectivity index (χ4n) is 1.85. The SMILES string of the molecule is CN(C)C(=O)COc1ccc(S(=O)(=O)NCc2ccc(Cl)cc2)cc1. The minimum atomic E-state index is -3.64. The lowest BCUT2D eigenvalue weighted by Crippen LogP contribution is -2.27. The largest absolute Gasteiger partial charge is 0.484 e. The van der Waals surface area contributed by atoms with Gasteiger partial charge in [0.15, 0.2) is 6.61 Å². The van der Waals surface area contributed by atoms with Crippen molar-refractivity contribution in [1.29, 1.82) is 0 Å². The number of hydrogen-bond acceptors (Lipinski definition) is 4. The van der Waals surface area contributed by atoms with Gasteiger partial charge in [0.25, 0.3) is 5.91 Å². The maximum Gasteiger partial charge on any atom is 0.259 e. The number of sulfonamides is 1. The topological polar surface area (TPSA) is 75.7 Å². The second kappa shape index (κ2) is 8.33. The summed E-state index contributed by atoms with van der Waals surface area (Å²) in [6.45, 7) is 0.0585. The Balaban J connectivity index is 1.97. The number of rotatable bonds is 7. The minimum absolute atomic E-state index is 0.103. The van der Waals surface area contributed by atoms with Crippen molar-refractivity contribution in [3.05, 3.63) is 59.1 Å². The first-order valence-corrected chi connectivity index (χ1v) is 9.31. The summed E-state index contributed by atoms with van der Waals surface area (Å²) in [5.74, 6) is 0.244. The Hall–Kier alpha value is -2.09. The Morgan fingerprint density at radius 2 is 1.68 bits per heavy atom. The molecule has 0 radical (unpaired) electrons. The third-order valence-electron chi connectivity index (χ3n) is 3.37. The normalized spacial score (nSPS) is 11.2. The van der Waals surface area contributed by atoms with E-state index in [2.05, 4.69) is 4.72 Å². The van der Waals surface area contributed by atoms with Crippen molar-refractivity contribution in [2.45, 2.75) is 11.4 Å². The number of hydrogen-bond donors (Lipinski definition) is 1. The summed E-state index contributed by atoms with van der Waals surface area (Å²) in [7, 11) is -0.378. The molecular weight excluding hydrogens is 364 g/mol. The van der Waals surface area contributed by atoms with Gasteiger partial charge in [0.1, 0.15) is 5.75 Å². The van der Waals surface area contributed by atoms with Gasteiger partial charge in [0, 0.05) is 25.7 Å². The van der Waals surface area contributed by atoms with E-state index in [1.807, 2.05) is 0 Å². The van der Waals surface area contributed by atoms with Crippen molar-refractivity contribution in [3.8, 4) is 5.75 Å². The molecule has 0 aliphatic rings. The molecule has 0 aliphatic heterocycles. The van der Waals surface area contributed by atoms with Crippen molar-refractivity contribution in [2.75, 3.05) is 20.7 Å². The lowest BCUT2D eigenvalue weighted by molar-refractivity contribution is -0.130. The number of amides is 1. The van der Waals surface area contributed by atoms with Gasteiger partial charge in [-0.1, -0.05) is 23.7 Å². The fourth-order valence-corrected chi connectivity index (χ4v) is 3.00. The van der Waals surface area contributed by atoms with Gasteiger partial charge in [-0.05, 0) is 42.0 Å². The van der Waals surface area contributed by atoms with Gasteiger partial charge in [0.2, 0.25) is 10.0 Å². The van der Waals surface area contributed by atoms with Crippen LogP contribution in [0.1, 0.15) is 5.56 Å². The molecule has 0 atom stereocenters. The second-order valence-corrected chi connectivity index (χ2v) is 7.70. The molecule has 0 saturated carbocycles. The molecule has 0 unspecified atom stereocenters. The third kappa shape index (κ3) is 5.74. The van der Waals surface area contributed by atoms with Crippen LogP contribution in [0.2, 0.25) is 5.02 Å². The van der Waals surface area contributed by atoms with Gasteiger partial charge in [-0.25, -0.2) is 13.1 Å². The lowest BCUT2D eigenvalue weighted by atomic mass is 10.2. The molecule has 0 aromatic heterocycles. The van der Waals surface area contributed by atoms with Crippen LogP contribution >= 0.6 is 11.6 Å². The summed E-state index contributed by atoms with van der Waals surface area (Å²) in [6.07, 6.45) is 0. The van der Waals surface area contributed by atoms with Gasteiger partial charge in [-0.15, -0.1) is 0 Å². The van der Waals surface area contributed by atoms with Crippen LogP contribution in [0, 0.1) is 0 Å². The molecule has 2 aromatic carbocycles. The second-order valence-electron chi connectivity index (χ2n) is 5.50. The van der Waals surface area contributed by atoms with Gasteiger partial charge >= 0.3 is 0 Å². The average molecular weight is 383 g/mol. The predicted octanol–water partition coefficient (Wildman–Crippen LogP) is 2.29. The molecule has 0 fully saturated rings. The number of benzene rings is 2. The molecule has 0 saturated heterocycles. The molecular formula is C17H19ClN2O4S. The molecule has 2 aromatic rings. The van der Waals surface area contributed by atoms with E-state index in [0.717, 1.165) is 5.56 Å². The Kier molecular flexibility index (Phi) is 6.41. The molecule has 6 nitrogen and oxygen atoms in total. The molecule has 8 heteroatoms. The Morgan fingerprint density at radius 1 is 1.08 bits per heavy atom. The summed E-state index contributed by atoms with van der Waals surface area (Å²) in [4.78, 5) is 13.0. The zero-order valence-corrected chi connectivity index (χ0v) is 15.5. The van der Waals surface area contributed by atoms with Crippen LogP contribution in [-0.2, 0) is 21.4 Å². The highest BCUT2D eigenvalue weighted by Crippen LogP contribution is 2.17. The number of ether oxygens (including phenoxy) is 1. The zero-order valence-electron chi connectivity index (χ0n) is 13.9. The Labute approximate surface area is 152 Å². The average Bonchev–Trinajstić information content (AvgIpc) is 2.59. The van der Waals surface area contributed by atoms with Crippen molar-refractivity contribution in [3.63, 3.8) is 0 Å². The first-order valence-electron chi connectivity index (χ1n) is 7.45. The van der Waals surface area contributed by atoms with E-state index in [1.165, 1.54) is 29.2 Å². The van der Waals surface area contributed by atoms with Crippen LogP contribution in [0.4, 0.5) is 0 Å². The van der Waals surface area contributed by atoms with Crippen molar-refractivity contribution in [1.82, 2.24) is 9.62 Å². The summed E-state index contributed by atoms with van der Waals surface area (Å²) in [5, 5.41) is 0.593. The first kappa shape index (κ1) is 19.2. The van der Waals surface area contributed by atoms with Gasteiger partial charge in [0.05, 0.1) is 4.90 Å². The maximum atomic E-state index is 12.3. The number of nitrogens with one attached hydrogen (secondary N) is 1. The zero-order chi connectivity index (χ0) is 18.4. The summed E-state index contributed by atoms with van der Waals surface area (Å²) >= 11 is 5.80. The molecule has 1 amide bonds. The van der Waals surface area contributed by atoms with E-state index in [9.17, 15) is 13.2 Å². The van der Waals surface area contributed by atoms with E-state index in [0.29, 0.717) is 10.8 Å². The number of halogens is 1. The quantitative estimate of drug-likeness (QED) is 0.797. The van der Waals surface area contributed by atoms with E-state index >= 15 is 0 Å². The first-order chi connectivity index (χ1) is 11.8. The third-order valence-corrected chi connectivity index (χ3v) is 5.04. The van der Waals surface area contributed by atoms with Crippen LogP contribution in [0.15, 0.2) is 53.4 Å². The van der Waals surface area contributed by atoms with E-state index < -0.39 is 10.0 Å². The standard InChI is InChI=1S/C17H19ClN2O4S/c1-20(2)17(21)12-24-15-7-9-16(10-8-15)25(22,23)19-11-13-3-5-14(18)6-4-13/h3-10,19H,11-12H2,1-2H3. The molecule has 0 bridgehead atoms. The van der Waals surface area contributed by atoms with Crippen LogP contribution in [-0.4, -0.2) is 39.9 Å². The molecule has 0 heterocycles. The van der Waals surface area contributed by atoms with Crippen molar-refractivity contribution < 1.29 is 17.9 Å². The van der Waals surface area contributed by atoms with E-state index in [4.69, 9.17) is 16.3 Å². The molecule has 0 spiro atoms. The maximum absolute atomic E-state index is 12.3. The number of nitrogens with zero attached hydrogens (tertiary/aromatic N) is 1. The van der Waals surface area contributed by atoms with Crippen LogP contribution < -0.4 is 9.46 Å². The minimum Gasteiger partial charge on any atom is -0.484 e. The van der Waals surface area contributed by atoms with E-state index in [-0.39, 0.29) is 24.0 Å². The molecule has 0 aliphatic carbocycles. The molecule has 1 N–H and O–H groups in total. The Bertz CT molecular complexity index is 819. The number of carbonyl (C=O) groups is 1. The van der Waals surface area contributed by atoms with Crippen LogP contribution in [0.3, 0.4) is 0 Å². The Morgan fingerprint density at radius 3 is 2.24 bits per heavy atom. The van der Waals surface area contributed by atoms with Crippen LogP contribution in [0.25, 0.3) is 0 Å². The lowest BCUT2D eigenvalue weighted by Gasteiger charge is -2.12. The smallest absolute Gasteiger partial charge is 0.259 e. The van der Waals surface area contributed by atoms with Gasteiger partial charge in [-0.2, -0.15) is 0 Å². The van der Waals surface area contributed by atoms with E-state index in [1.54, 1.807) is 38.4 Å². The number of carbonyl (C=O) groups excluding carboxylic acids is 1. The van der Waals surface area contributed by atoms with Crippen LogP contribution in [0.5, 0.6) is 5.75 Å². The highest BCUT2D eigenvalue weighted by atomic mass is 35.5. The summed E-state index contributed by atoms with van der Waals surface area (Å²) < 4.78 is 32.4. The predicted molar refractivity (Wildman–Crippen MR) is 96.1 cm³/mol. The molecule has 2 rings (SSSR count). The van der Waals surface area contributed by atoms with Gasteiger partial charge in [-0.3, -0.25) is 4.79 Å².